The fraction of sp³-hybridized carbons (Fsp3) is 0.533. The molecule has 0 unspecified atom stereocenters. The molecule has 0 bridgehead atoms. The minimum absolute atomic E-state index is 0.209. The second-order valence-electron chi connectivity index (χ2n) is 4.60. The molecule has 0 radical (unpaired) electrons. The van der Waals surface area contributed by atoms with Gasteiger partial charge in [0.05, 0.1) is 0 Å². The zero-order valence-electron chi connectivity index (χ0n) is 11.2. The number of carbonyl (C=O) groups is 1. The number of thiol groups is 1. The SMILES string of the molecule is CCCCc1c(O)ccc(C(=O)S)c1CCCC. The number of hydrogen-bond acceptors (Lipinski definition) is 2. The average molecular weight is 266 g/mol. The number of unbranched alkanes of at least 4 members (excludes halogenated alkanes) is 2. The lowest BCUT2D eigenvalue weighted by molar-refractivity contribution is 0.109. The minimum atomic E-state index is -0.209. The van der Waals surface area contributed by atoms with Gasteiger partial charge < -0.3 is 5.11 Å². The zero-order chi connectivity index (χ0) is 13.5. The van der Waals surface area contributed by atoms with Crippen molar-refractivity contribution in [1.29, 1.82) is 0 Å². The van der Waals surface area contributed by atoms with Crippen LogP contribution in [0.3, 0.4) is 0 Å². The summed E-state index contributed by atoms with van der Waals surface area (Å²) in [6, 6.07) is 3.30. The summed E-state index contributed by atoms with van der Waals surface area (Å²) >= 11 is 3.93. The van der Waals surface area contributed by atoms with E-state index < -0.39 is 0 Å². The zero-order valence-corrected chi connectivity index (χ0v) is 12.1. The quantitative estimate of drug-likeness (QED) is 0.728. The van der Waals surface area contributed by atoms with Crippen LogP contribution >= 0.6 is 12.6 Å². The van der Waals surface area contributed by atoms with E-state index in [1.807, 2.05) is 0 Å². The monoisotopic (exact) mass is 266 g/mol. The first-order chi connectivity index (χ1) is 8.61. The third kappa shape index (κ3) is 3.77. The molecule has 0 heterocycles. The van der Waals surface area contributed by atoms with Crippen LogP contribution in [-0.2, 0) is 12.8 Å². The van der Waals surface area contributed by atoms with E-state index in [1.54, 1.807) is 12.1 Å². The summed E-state index contributed by atoms with van der Waals surface area (Å²) in [6.45, 7) is 4.24. The van der Waals surface area contributed by atoms with E-state index in [-0.39, 0.29) is 5.12 Å². The molecule has 100 valence electrons. The van der Waals surface area contributed by atoms with Crippen LogP contribution in [0.5, 0.6) is 5.75 Å². The van der Waals surface area contributed by atoms with Crippen molar-refractivity contribution in [3.63, 3.8) is 0 Å². The number of hydrogen-bond donors (Lipinski definition) is 2. The highest BCUT2D eigenvalue weighted by Gasteiger charge is 2.15. The van der Waals surface area contributed by atoms with Crippen LogP contribution in [0.2, 0.25) is 0 Å². The van der Waals surface area contributed by atoms with Crippen LogP contribution in [0.15, 0.2) is 12.1 Å². The molecule has 1 N–H and O–H groups in total. The van der Waals surface area contributed by atoms with Crippen molar-refractivity contribution in [3.8, 4) is 5.75 Å². The summed E-state index contributed by atoms with van der Waals surface area (Å²) in [4.78, 5) is 11.5. The second-order valence-corrected chi connectivity index (χ2v) is 5.01. The topological polar surface area (TPSA) is 37.3 Å². The van der Waals surface area contributed by atoms with Crippen LogP contribution in [0, 0.1) is 0 Å². The lowest BCUT2D eigenvalue weighted by Crippen LogP contribution is -2.04. The Morgan fingerprint density at radius 1 is 1.11 bits per heavy atom. The molecule has 0 aliphatic heterocycles. The Morgan fingerprint density at radius 3 is 2.17 bits per heavy atom. The van der Waals surface area contributed by atoms with E-state index in [9.17, 15) is 9.90 Å². The highest BCUT2D eigenvalue weighted by Crippen LogP contribution is 2.28. The first-order valence-corrected chi connectivity index (χ1v) is 7.13. The van der Waals surface area contributed by atoms with Crippen LogP contribution < -0.4 is 0 Å². The predicted molar refractivity (Wildman–Crippen MR) is 78.6 cm³/mol. The van der Waals surface area contributed by atoms with Gasteiger partial charge in [-0.05, 0) is 48.9 Å². The van der Waals surface area contributed by atoms with E-state index in [1.165, 1.54) is 0 Å². The van der Waals surface area contributed by atoms with Crippen molar-refractivity contribution >= 4 is 17.7 Å². The molecule has 1 aromatic carbocycles. The molecule has 0 spiro atoms. The van der Waals surface area contributed by atoms with Crippen LogP contribution in [-0.4, -0.2) is 10.2 Å². The smallest absolute Gasteiger partial charge is 0.216 e. The average Bonchev–Trinajstić information content (AvgIpc) is 2.34. The minimum Gasteiger partial charge on any atom is -0.508 e. The van der Waals surface area contributed by atoms with Crippen molar-refractivity contribution in [2.45, 2.75) is 52.4 Å². The largest absolute Gasteiger partial charge is 0.508 e. The Balaban J connectivity index is 3.16. The Bertz CT molecular complexity index is 413. The fourth-order valence-corrected chi connectivity index (χ4v) is 2.36. The van der Waals surface area contributed by atoms with Gasteiger partial charge in [-0.2, -0.15) is 0 Å². The molecule has 0 amide bonds. The lowest BCUT2D eigenvalue weighted by atomic mass is 9.93. The van der Waals surface area contributed by atoms with Gasteiger partial charge in [0.2, 0.25) is 5.12 Å². The third-order valence-corrected chi connectivity index (χ3v) is 3.44. The van der Waals surface area contributed by atoms with Gasteiger partial charge >= 0.3 is 0 Å². The fourth-order valence-electron chi connectivity index (χ4n) is 2.15. The number of benzene rings is 1. The predicted octanol–water partition coefficient (Wildman–Crippen LogP) is 4.15. The molecular weight excluding hydrogens is 244 g/mol. The lowest BCUT2D eigenvalue weighted by Gasteiger charge is -2.14. The van der Waals surface area contributed by atoms with Gasteiger partial charge in [0.25, 0.3) is 0 Å². The Hall–Kier alpha value is -0.960. The molecule has 0 fully saturated rings. The van der Waals surface area contributed by atoms with Gasteiger partial charge in [-0.25, -0.2) is 0 Å². The van der Waals surface area contributed by atoms with Gasteiger partial charge in [0.15, 0.2) is 0 Å². The maximum atomic E-state index is 11.5. The van der Waals surface area contributed by atoms with Crippen LogP contribution in [0.25, 0.3) is 0 Å². The van der Waals surface area contributed by atoms with Gasteiger partial charge in [-0.3, -0.25) is 4.79 Å². The van der Waals surface area contributed by atoms with Crippen LogP contribution in [0.1, 0.15) is 61.0 Å². The second kappa shape index (κ2) is 7.47. The number of carbonyl (C=O) groups excluding carboxylic acids is 1. The van der Waals surface area contributed by atoms with E-state index in [0.29, 0.717) is 11.3 Å². The number of phenolic OH excluding ortho intramolecular Hbond substituents is 1. The number of aromatic hydroxyl groups is 1. The van der Waals surface area contributed by atoms with Crippen molar-refractivity contribution < 1.29 is 9.90 Å². The van der Waals surface area contributed by atoms with Crippen LogP contribution in [0.4, 0.5) is 0 Å². The summed E-state index contributed by atoms with van der Waals surface area (Å²) in [5.41, 5.74) is 2.58. The van der Waals surface area contributed by atoms with Gasteiger partial charge in [0, 0.05) is 5.56 Å². The molecule has 0 atom stereocenters. The maximum absolute atomic E-state index is 11.5. The van der Waals surface area contributed by atoms with Crippen molar-refractivity contribution in [3.05, 3.63) is 28.8 Å². The molecule has 1 rings (SSSR count). The molecular formula is C15H22O2S. The maximum Gasteiger partial charge on any atom is 0.216 e. The Morgan fingerprint density at radius 2 is 1.67 bits per heavy atom. The summed E-state index contributed by atoms with van der Waals surface area (Å²) in [5, 5.41) is 9.78. The molecule has 2 nitrogen and oxygen atoms in total. The number of phenols is 1. The van der Waals surface area contributed by atoms with Crippen molar-refractivity contribution in [2.75, 3.05) is 0 Å². The van der Waals surface area contributed by atoms with Crippen molar-refractivity contribution in [2.24, 2.45) is 0 Å². The Kier molecular flexibility index (Phi) is 6.27. The molecule has 3 heteroatoms. The first-order valence-electron chi connectivity index (χ1n) is 6.68. The normalized spacial score (nSPS) is 10.6. The summed E-state index contributed by atoms with van der Waals surface area (Å²) in [6.07, 6.45) is 5.87. The Labute approximate surface area is 115 Å². The molecule has 0 saturated carbocycles. The summed E-state index contributed by atoms with van der Waals surface area (Å²) in [7, 11) is 0. The highest BCUT2D eigenvalue weighted by molar-refractivity contribution is 7.97. The molecule has 18 heavy (non-hydrogen) atoms. The van der Waals surface area contributed by atoms with Gasteiger partial charge in [-0.15, -0.1) is 12.6 Å². The number of rotatable bonds is 7. The molecule has 0 aliphatic rings. The van der Waals surface area contributed by atoms with E-state index in [2.05, 4.69) is 26.5 Å². The van der Waals surface area contributed by atoms with Gasteiger partial charge in [0.1, 0.15) is 5.75 Å². The molecule has 1 aromatic rings. The first kappa shape index (κ1) is 15.1. The summed E-state index contributed by atoms with van der Waals surface area (Å²) in [5.74, 6) is 0.313. The third-order valence-electron chi connectivity index (χ3n) is 3.20. The van der Waals surface area contributed by atoms with Gasteiger partial charge in [-0.1, -0.05) is 26.7 Å². The highest BCUT2D eigenvalue weighted by atomic mass is 32.1. The molecule has 0 aromatic heterocycles. The standard InChI is InChI=1S/C15H22O2S/c1-3-5-7-11-12(8-6-4-2)14(16)10-9-13(11)15(17)18/h9-10,16H,3-8H2,1-2H3,(H,17,18). The molecule has 0 saturated heterocycles. The van der Waals surface area contributed by atoms with E-state index in [4.69, 9.17) is 0 Å². The molecule has 0 aliphatic carbocycles. The van der Waals surface area contributed by atoms with E-state index in [0.717, 1.165) is 49.7 Å². The van der Waals surface area contributed by atoms with Crippen molar-refractivity contribution in [1.82, 2.24) is 0 Å². The van der Waals surface area contributed by atoms with E-state index >= 15 is 0 Å². The summed E-state index contributed by atoms with van der Waals surface area (Å²) < 4.78 is 0.